The first-order chi connectivity index (χ1) is 17.2. The summed E-state index contributed by atoms with van der Waals surface area (Å²) in [5.74, 6) is -0.759. The first kappa shape index (κ1) is 24.8. The lowest BCUT2D eigenvalue weighted by atomic mass is 10.1. The normalized spacial score (nSPS) is 11.4. The number of carbonyl (C=O) groups is 2. The molecule has 3 aromatic heterocycles. The molecule has 0 aliphatic carbocycles. The Kier molecular flexibility index (Phi) is 7.25. The standard InChI is InChI=1S/C26H26N6O3S/c1-15-8-9-20(13-16(15)2)32-26(35)23(18(4)31-32)17(3)29-30-25(34)22-11-10-21(36-22)24(33)28-14-19-7-5-6-12-27-19/h5-13,31H,14H2,1-4H3,(H,28,33)(H,30,34)/b29-17-. The lowest BCUT2D eigenvalue weighted by Gasteiger charge is -2.05. The minimum atomic E-state index is -0.467. The number of nitrogens with zero attached hydrogens (tertiary/aromatic N) is 3. The van der Waals surface area contributed by atoms with Crippen LogP contribution in [0.25, 0.3) is 5.69 Å². The highest BCUT2D eigenvalue weighted by Crippen LogP contribution is 2.17. The number of amides is 2. The number of nitrogens with one attached hydrogen (secondary N) is 3. The zero-order chi connectivity index (χ0) is 25.8. The number of rotatable bonds is 7. The molecular formula is C26H26N6O3S. The molecule has 4 aromatic rings. The van der Waals surface area contributed by atoms with Crippen LogP contribution in [0.5, 0.6) is 0 Å². The molecule has 0 aliphatic heterocycles. The Hall–Kier alpha value is -4.31. The van der Waals surface area contributed by atoms with E-state index in [-0.39, 0.29) is 18.0 Å². The fourth-order valence-electron chi connectivity index (χ4n) is 3.61. The molecule has 0 radical (unpaired) electrons. The van der Waals surface area contributed by atoms with E-state index < -0.39 is 5.91 Å². The number of aryl methyl sites for hydroxylation is 3. The number of hydrazone groups is 1. The topological polar surface area (TPSA) is 121 Å². The molecule has 0 atom stereocenters. The average Bonchev–Trinajstić information content (AvgIpc) is 3.48. The Balaban J connectivity index is 1.44. The fraction of sp³-hybridized carbons (Fsp3) is 0.192. The molecule has 4 rings (SSSR count). The summed E-state index contributed by atoms with van der Waals surface area (Å²) in [6.45, 7) is 7.73. The molecule has 3 N–H and O–H groups in total. The molecule has 36 heavy (non-hydrogen) atoms. The number of thiophene rings is 1. The maximum atomic E-state index is 13.1. The van der Waals surface area contributed by atoms with Crippen molar-refractivity contribution in [3.63, 3.8) is 0 Å². The number of H-pyrrole nitrogens is 1. The third-order valence-corrected chi connectivity index (χ3v) is 6.80. The maximum absolute atomic E-state index is 13.1. The van der Waals surface area contributed by atoms with Gasteiger partial charge in [-0.2, -0.15) is 5.10 Å². The maximum Gasteiger partial charge on any atom is 0.281 e. The predicted molar refractivity (Wildman–Crippen MR) is 140 cm³/mol. The van der Waals surface area contributed by atoms with Gasteiger partial charge in [0.25, 0.3) is 17.4 Å². The molecule has 0 bridgehead atoms. The van der Waals surface area contributed by atoms with Gasteiger partial charge in [-0.05, 0) is 75.2 Å². The molecule has 0 fully saturated rings. The van der Waals surface area contributed by atoms with Crippen LogP contribution in [-0.4, -0.2) is 32.3 Å². The zero-order valence-corrected chi connectivity index (χ0v) is 21.2. The second kappa shape index (κ2) is 10.5. The average molecular weight is 503 g/mol. The molecule has 0 saturated carbocycles. The van der Waals surface area contributed by atoms with Gasteiger partial charge in [0.05, 0.1) is 39.0 Å². The van der Waals surface area contributed by atoms with Crippen LogP contribution < -0.4 is 16.3 Å². The predicted octanol–water partition coefficient (Wildman–Crippen LogP) is 3.63. The van der Waals surface area contributed by atoms with Gasteiger partial charge in [0.2, 0.25) is 0 Å². The number of aromatic amines is 1. The second-order valence-corrected chi connectivity index (χ2v) is 9.41. The highest BCUT2D eigenvalue weighted by atomic mass is 32.1. The van der Waals surface area contributed by atoms with Crippen LogP contribution in [0.2, 0.25) is 0 Å². The van der Waals surface area contributed by atoms with E-state index in [4.69, 9.17) is 0 Å². The van der Waals surface area contributed by atoms with Gasteiger partial charge in [0.15, 0.2) is 0 Å². The van der Waals surface area contributed by atoms with Crippen molar-refractivity contribution >= 4 is 28.9 Å². The Bertz CT molecular complexity index is 1510. The SMILES string of the molecule is C/C(=N/NC(=O)c1ccc(C(=O)NCc2ccccn2)s1)c1c(C)[nH]n(-c2ccc(C)c(C)c2)c1=O. The summed E-state index contributed by atoms with van der Waals surface area (Å²) in [6.07, 6.45) is 1.66. The van der Waals surface area contributed by atoms with E-state index in [2.05, 4.69) is 25.9 Å². The molecule has 0 aliphatic rings. The van der Waals surface area contributed by atoms with Crippen LogP contribution in [0.1, 0.15) is 54.3 Å². The molecule has 3 heterocycles. The van der Waals surface area contributed by atoms with E-state index in [1.807, 2.05) is 44.2 Å². The number of hydrogen-bond acceptors (Lipinski definition) is 6. The molecule has 1 aromatic carbocycles. The van der Waals surface area contributed by atoms with Crippen molar-refractivity contribution in [2.75, 3.05) is 0 Å². The van der Waals surface area contributed by atoms with Crippen molar-refractivity contribution in [2.24, 2.45) is 5.10 Å². The van der Waals surface area contributed by atoms with E-state index in [0.29, 0.717) is 26.7 Å². The molecule has 9 nitrogen and oxygen atoms in total. The first-order valence-corrected chi connectivity index (χ1v) is 12.1. The Labute approximate surface area is 211 Å². The van der Waals surface area contributed by atoms with Gasteiger partial charge in [-0.1, -0.05) is 12.1 Å². The van der Waals surface area contributed by atoms with Crippen molar-refractivity contribution in [1.29, 1.82) is 0 Å². The lowest BCUT2D eigenvalue weighted by molar-refractivity contribution is 0.0949. The first-order valence-electron chi connectivity index (χ1n) is 11.3. The van der Waals surface area contributed by atoms with Crippen molar-refractivity contribution in [1.82, 2.24) is 25.5 Å². The zero-order valence-electron chi connectivity index (χ0n) is 20.4. The summed E-state index contributed by atoms with van der Waals surface area (Å²) in [5, 5.41) is 10.0. The minimum Gasteiger partial charge on any atom is -0.346 e. The van der Waals surface area contributed by atoms with Crippen molar-refractivity contribution in [3.05, 3.63) is 103 Å². The highest BCUT2D eigenvalue weighted by molar-refractivity contribution is 7.15. The van der Waals surface area contributed by atoms with Gasteiger partial charge in [0, 0.05) is 11.9 Å². The molecule has 2 amide bonds. The van der Waals surface area contributed by atoms with E-state index in [1.165, 1.54) is 4.68 Å². The molecular weight excluding hydrogens is 476 g/mol. The van der Waals surface area contributed by atoms with Crippen LogP contribution in [0.15, 0.2) is 64.6 Å². The molecule has 184 valence electrons. The monoisotopic (exact) mass is 502 g/mol. The number of carbonyl (C=O) groups excluding carboxylic acids is 2. The number of pyridine rings is 1. The van der Waals surface area contributed by atoms with Crippen molar-refractivity contribution in [2.45, 2.75) is 34.2 Å². The fourth-order valence-corrected chi connectivity index (χ4v) is 4.42. The summed E-state index contributed by atoms with van der Waals surface area (Å²) in [7, 11) is 0. The lowest BCUT2D eigenvalue weighted by Crippen LogP contribution is -2.23. The van der Waals surface area contributed by atoms with Gasteiger partial charge >= 0.3 is 0 Å². The Morgan fingerprint density at radius 1 is 1.03 bits per heavy atom. The van der Waals surface area contributed by atoms with Gasteiger partial charge in [-0.3, -0.25) is 24.5 Å². The van der Waals surface area contributed by atoms with Gasteiger partial charge < -0.3 is 5.32 Å². The number of aromatic nitrogens is 3. The van der Waals surface area contributed by atoms with Crippen LogP contribution in [0.3, 0.4) is 0 Å². The minimum absolute atomic E-state index is 0.255. The van der Waals surface area contributed by atoms with Crippen molar-refractivity contribution in [3.8, 4) is 5.69 Å². The van der Waals surface area contributed by atoms with Crippen LogP contribution in [0.4, 0.5) is 0 Å². The number of benzene rings is 1. The highest BCUT2D eigenvalue weighted by Gasteiger charge is 2.17. The third-order valence-electron chi connectivity index (χ3n) is 5.72. The van der Waals surface area contributed by atoms with Crippen LogP contribution in [-0.2, 0) is 6.54 Å². The summed E-state index contributed by atoms with van der Waals surface area (Å²) in [5.41, 5.74) is 7.29. The Morgan fingerprint density at radius 3 is 2.47 bits per heavy atom. The van der Waals surface area contributed by atoms with Gasteiger partial charge in [0.1, 0.15) is 0 Å². The summed E-state index contributed by atoms with van der Waals surface area (Å²) in [6, 6.07) is 14.4. The van der Waals surface area contributed by atoms with E-state index in [9.17, 15) is 14.4 Å². The largest absolute Gasteiger partial charge is 0.346 e. The summed E-state index contributed by atoms with van der Waals surface area (Å²) < 4.78 is 1.47. The van der Waals surface area contributed by atoms with E-state index in [1.54, 1.807) is 38.2 Å². The van der Waals surface area contributed by atoms with Gasteiger partial charge in [-0.15, -0.1) is 11.3 Å². The number of hydrogen-bond donors (Lipinski definition) is 3. The summed E-state index contributed by atoms with van der Waals surface area (Å²) >= 11 is 1.06. The van der Waals surface area contributed by atoms with Crippen LogP contribution in [0, 0.1) is 20.8 Å². The molecule has 10 heteroatoms. The second-order valence-electron chi connectivity index (χ2n) is 8.33. The van der Waals surface area contributed by atoms with E-state index in [0.717, 1.165) is 33.8 Å². The smallest absolute Gasteiger partial charge is 0.281 e. The van der Waals surface area contributed by atoms with Crippen LogP contribution >= 0.6 is 11.3 Å². The Morgan fingerprint density at radius 2 is 1.78 bits per heavy atom. The van der Waals surface area contributed by atoms with Gasteiger partial charge in [-0.25, -0.2) is 10.1 Å². The molecule has 0 unspecified atom stereocenters. The quantitative estimate of drug-likeness (QED) is 0.264. The van der Waals surface area contributed by atoms with Crippen molar-refractivity contribution < 1.29 is 9.59 Å². The molecule has 0 spiro atoms. The molecule has 0 saturated heterocycles. The third kappa shape index (κ3) is 5.33. The van der Waals surface area contributed by atoms with E-state index >= 15 is 0 Å². The summed E-state index contributed by atoms with van der Waals surface area (Å²) in [4.78, 5) is 43.0.